The third kappa shape index (κ3) is 1.55. The molecule has 4 nitrogen and oxygen atoms in total. The van der Waals surface area contributed by atoms with Gasteiger partial charge in [0.15, 0.2) is 0 Å². The van der Waals surface area contributed by atoms with Gasteiger partial charge in [0, 0.05) is 6.07 Å². The highest BCUT2D eigenvalue weighted by molar-refractivity contribution is 7.12. The van der Waals surface area contributed by atoms with E-state index in [1.54, 1.807) is 11.7 Å². The minimum Gasteiger partial charge on any atom is -0.497 e. The number of aromatic amines is 1. The van der Waals surface area contributed by atoms with Gasteiger partial charge in [-0.1, -0.05) is 0 Å². The molecule has 1 N–H and O–H groups in total. The third-order valence-corrected chi connectivity index (χ3v) is 3.47. The van der Waals surface area contributed by atoms with E-state index in [4.69, 9.17) is 4.74 Å². The monoisotopic (exact) mass is 246 g/mol. The average Bonchev–Trinajstić information content (AvgIpc) is 2.93. The molecule has 0 unspecified atom stereocenters. The SMILES string of the molecule is COc1ccc2c(c1)[nH]c(=O)n2-c1cccs1. The van der Waals surface area contributed by atoms with Gasteiger partial charge < -0.3 is 9.72 Å². The van der Waals surface area contributed by atoms with Gasteiger partial charge in [0.1, 0.15) is 10.8 Å². The molecule has 0 amide bonds. The highest BCUT2D eigenvalue weighted by Gasteiger charge is 2.09. The predicted octanol–water partition coefficient (Wildman–Crippen LogP) is 2.39. The summed E-state index contributed by atoms with van der Waals surface area (Å²) in [6.45, 7) is 0. The predicted molar refractivity (Wildman–Crippen MR) is 68.3 cm³/mol. The summed E-state index contributed by atoms with van der Waals surface area (Å²) >= 11 is 1.53. The maximum Gasteiger partial charge on any atom is 0.331 e. The van der Waals surface area contributed by atoms with E-state index in [0.29, 0.717) is 0 Å². The molecule has 2 heterocycles. The molecule has 0 saturated heterocycles. The summed E-state index contributed by atoms with van der Waals surface area (Å²) in [6, 6.07) is 9.39. The van der Waals surface area contributed by atoms with Gasteiger partial charge in [0.2, 0.25) is 0 Å². The Balaban J connectivity index is 2.33. The number of nitrogens with one attached hydrogen (secondary N) is 1. The normalized spacial score (nSPS) is 10.9. The van der Waals surface area contributed by atoms with Gasteiger partial charge in [0.05, 0.1) is 18.1 Å². The summed E-state index contributed by atoms with van der Waals surface area (Å²) in [7, 11) is 1.61. The van der Waals surface area contributed by atoms with Gasteiger partial charge in [0.25, 0.3) is 0 Å². The Morgan fingerprint density at radius 2 is 2.24 bits per heavy atom. The first-order valence-electron chi connectivity index (χ1n) is 5.12. The summed E-state index contributed by atoms with van der Waals surface area (Å²) in [6.07, 6.45) is 0. The van der Waals surface area contributed by atoms with Crippen molar-refractivity contribution in [1.82, 2.24) is 9.55 Å². The van der Waals surface area contributed by atoms with Crippen LogP contribution in [0.25, 0.3) is 16.0 Å². The van der Waals surface area contributed by atoms with Crippen molar-refractivity contribution in [2.75, 3.05) is 7.11 Å². The van der Waals surface area contributed by atoms with Crippen molar-refractivity contribution >= 4 is 22.4 Å². The van der Waals surface area contributed by atoms with Crippen LogP contribution in [0.15, 0.2) is 40.5 Å². The van der Waals surface area contributed by atoms with Crippen LogP contribution in [-0.4, -0.2) is 16.7 Å². The molecule has 0 atom stereocenters. The standard InChI is InChI=1S/C12H10N2O2S/c1-16-8-4-5-10-9(7-8)13-12(15)14(10)11-3-2-6-17-11/h2-7H,1H3,(H,13,15). The lowest BCUT2D eigenvalue weighted by Crippen LogP contribution is -2.13. The third-order valence-electron chi connectivity index (χ3n) is 2.62. The lowest BCUT2D eigenvalue weighted by molar-refractivity contribution is 0.415. The van der Waals surface area contributed by atoms with E-state index < -0.39 is 0 Å². The maximum absolute atomic E-state index is 11.9. The number of thiophene rings is 1. The van der Waals surface area contributed by atoms with E-state index in [1.807, 2.05) is 35.7 Å². The number of imidazole rings is 1. The molecule has 0 aliphatic heterocycles. The molecule has 0 fully saturated rings. The van der Waals surface area contributed by atoms with E-state index in [9.17, 15) is 4.79 Å². The number of aromatic nitrogens is 2. The quantitative estimate of drug-likeness (QED) is 0.754. The molecule has 3 aromatic rings. The molecule has 2 aromatic heterocycles. The molecule has 86 valence electrons. The first-order valence-corrected chi connectivity index (χ1v) is 6.00. The van der Waals surface area contributed by atoms with Crippen LogP contribution >= 0.6 is 11.3 Å². The fourth-order valence-corrected chi connectivity index (χ4v) is 2.57. The van der Waals surface area contributed by atoms with Crippen LogP contribution in [0, 0.1) is 0 Å². The van der Waals surface area contributed by atoms with Crippen molar-refractivity contribution in [3.63, 3.8) is 0 Å². The van der Waals surface area contributed by atoms with E-state index >= 15 is 0 Å². The molecule has 1 aromatic carbocycles. The molecule has 0 bridgehead atoms. The van der Waals surface area contributed by atoms with Crippen LogP contribution in [0.2, 0.25) is 0 Å². The number of fused-ring (bicyclic) bond motifs is 1. The van der Waals surface area contributed by atoms with Crippen molar-refractivity contribution < 1.29 is 4.74 Å². The molecule has 0 aliphatic rings. The molecule has 0 aliphatic carbocycles. The molecule has 5 heteroatoms. The Bertz CT molecular complexity index is 710. The molecule has 17 heavy (non-hydrogen) atoms. The highest BCUT2D eigenvalue weighted by atomic mass is 32.1. The van der Waals surface area contributed by atoms with Crippen LogP contribution < -0.4 is 10.4 Å². The summed E-state index contributed by atoms with van der Waals surface area (Å²) in [5.41, 5.74) is 1.51. The van der Waals surface area contributed by atoms with Crippen LogP contribution in [0.3, 0.4) is 0 Å². The molecule has 0 saturated carbocycles. The summed E-state index contributed by atoms with van der Waals surface area (Å²) in [5, 5.41) is 2.86. The minimum atomic E-state index is -0.129. The molecular formula is C12H10N2O2S. The van der Waals surface area contributed by atoms with Gasteiger partial charge in [-0.3, -0.25) is 4.57 Å². The van der Waals surface area contributed by atoms with Crippen molar-refractivity contribution in [3.8, 4) is 10.8 Å². The second-order valence-corrected chi connectivity index (χ2v) is 4.53. The minimum absolute atomic E-state index is 0.129. The number of ether oxygens (including phenoxy) is 1. The van der Waals surface area contributed by atoms with Crippen LogP contribution in [0.5, 0.6) is 5.75 Å². The largest absolute Gasteiger partial charge is 0.497 e. The summed E-state index contributed by atoms with van der Waals surface area (Å²) in [4.78, 5) is 14.7. The van der Waals surface area contributed by atoms with Crippen molar-refractivity contribution in [1.29, 1.82) is 0 Å². The number of methoxy groups -OCH3 is 1. The topological polar surface area (TPSA) is 47.0 Å². The zero-order valence-electron chi connectivity index (χ0n) is 9.14. The molecule has 3 rings (SSSR count). The van der Waals surface area contributed by atoms with E-state index in [2.05, 4.69) is 4.98 Å². The fraction of sp³-hybridized carbons (Fsp3) is 0.0833. The Morgan fingerprint density at radius 1 is 1.35 bits per heavy atom. The zero-order valence-corrected chi connectivity index (χ0v) is 9.95. The van der Waals surface area contributed by atoms with Gasteiger partial charge in [-0.15, -0.1) is 11.3 Å². The lowest BCUT2D eigenvalue weighted by Gasteiger charge is -2.01. The van der Waals surface area contributed by atoms with Gasteiger partial charge in [-0.05, 0) is 29.6 Å². The smallest absolute Gasteiger partial charge is 0.331 e. The average molecular weight is 246 g/mol. The highest BCUT2D eigenvalue weighted by Crippen LogP contribution is 2.22. The Labute approximate surface area is 101 Å². The first kappa shape index (κ1) is 10.2. The summed E-state index contributed by atoms with van der Waals surface area (Å²) in [5.74, 6) is 0.733. The van der Waals surface area contributed by atoms with E-state index in [0.717, 1.165) is 21.8 Å². The van der Waals surface area contributed by atoms with Crippen molar-refractivity contribution in [2.24, 2.45) is 0 Å². The van der Waals surface area contributed by atoms with Crippen LogP contribution in [0.1, 0.15) is 0 Å². The van der Waals surface area contributed by atoms with Crippen molar-refractivity contribution in [2.45, 2.75) is 0 Å². The molecule has 0 spiro atoms. The van der Waals surface area contributed by atoms with Gasteiger partial charge in [-0.25, -0.2) is 4.79 Å². The van der Waals surface area contributed by atoms with E-state index in [-0.39, 0.29) is 5.69 Å². The second-order valence-electron chi connectivity index (χ2n) is 3.60. The number of H-pyrrole nitrogens is 1. The summed E-state index contributed by atoms with van der Waals surface area (Å²) < 4.78 is 6.80. The number of nitrogens with zero attached hydrogens (tertiary/aromatic N) is 1. The Morgan fingerprint density at radius 3 is 2.94 bits per heavy atom. The number of hydrogen-bond donors (Lipinski definition) is 1. The second kappa shape index (κ2) is 3.78. The molecular weight excluding hydrogens is 236 g/mol. The number of hydrogen-bond acceptors (Lipinski definition) is 3. The Kier molecular flexibility index (Phi) is 2.26. The van der Waals surface area contributed by atoms with E-state index in [1.165, 1.54) is 11.3 Å². The molecule has 0 radical (unpaired) electrons. The fourth-order valence-electron chi connectivity index (χ4n) is 1.83. The van der Waals surface area contributed by atoms with Crippen LogP contribution in [-0.2, 0) is 0 Å². The van der Waals surface area contributed by atoms with Crippen molar-refractivity contribution in [3.05, 3.63) is 46.2 Å². The first-order chi connectivity index (χ1) is 8.29. The van der Waals surface area contributed by atoms with Gasteiger partial charge >= 0.3 is 5.69 Å². The van der Waals surface area contributed by atoms with Gasteiger partial charge in [-0.2, -0.15) is 0 Å². The van der Waals surface area contributed by atoms with Crippen LogP contribution in [0.4, 0.5) is 0 Å². The lowest BCUT2D eigenvalue weighted by atomic mass is 10.3. The Hall–Kier alpha value is -2.01. The maximum atomic E-state index is 11.9. The zero-order chi connectivity index (χ0) is 11.8. The number of benzene rings is 1. The number of rotatable bonds is 2.